The lowest BCUT2D eigenvalue weighted by atomic mass is 10.0. The van der Waals surface area contributed by atoms with Crippen LogP contribution in [-0.2, 0) is 16.1 Å². The first kappa shape index (κ1) is 19.3. The molecule has 2 rings (SSSR count). The van der Waals surface area contributed by atoms with Crippen LogP contribution in [0.5, 0.6) is 0 Å². The first-order valence-corrected chi connectivity index (χ1v) is 7.69. The zero-order chi connectivity index (χ0) is 19.3. The molecule has 0 aliphatic rings. The molecule has 26 heavy (non-hydrogen) atoms. The minimum absolute atomic E-state index is 0.122. The number of amides is 1. The molecule has 2 aromatic carbocycles. The second-order valence-corrected chi connectivity index (χ2v) is 5.35. The Morgan fingerprint density at radius 1 is 1.08 bits per heavy atom. The van der Waals surface area contributed by atoms with Crippen molar-refractivity contribution in [3.05, 3.63) is 71.0 Å². The fourth-order valence-corrected chi connectivity index (χ4v) is 2.40. The van der Waals surface area contributed by atoms with Gasteiger partial charge in [0.05, 0.1) is 0 Å². The van der Waals surface area contributed by atoms with E-state index in [9.17, 15) is 27.9 Å². The molecule has 0 bridgehead atoms. The van der Waals surface area contributed by atoms with Gasteiger partial charge in [0, 0.05) is 18.2 Å². The molecule has 1 N–H and O–H groups in total. The Labute approximate surface area is 147 Å². The highest BCUT2D eigenvalue weighted by Gasteiger charge is 2.34. The number of carboxylic acid groups (broad SMARTS) is 1. The third kappa shape index (κ3) is 4.33. The normalized spacial score (nSPS) is 11.7. The van der Waals surface area contributed by atoms with E-state index in [2.05, 4.69) is 0 Å². The summed E-state index contributed by atoms with van der Waals surface area (Å²) in [5.74, 6) is -5.74. The number of ether oxygens (including phenoxy) is 1. The Hall–Kier alpha value is -3.03. The van der Waals surface area contributed by atoms with Gasteiger partial charge in [-0.1, -0.05) is 30.3 Å². The smallest absolute Gasteiger partial charge is 0.411 e. The van der Waals surface area contributed by atoms with Gasteiger partial charge in [-0.15, -0.1) is 0 Å². The van der Waals surface area contributed by atoms with Gasteiger partial charge in [-0.25, -0.2) is 22.8 Å². The van der Waals surface area contributed by atoms with Crippen molar-refractivity contribution in [1.29, 1.82) is 0 Å². The van der Waals surface area contributed by atoms with Crippen LogP contribution in [0.1, 0.15) is 24.1 Å². The van der Waals surface area contributed by atoms with Crippen LogP contribution in [0.3, 0.4) is 0 Å². The lowest BCUT2D eigenvalue weighted by molar-refractivity contribution is -0.143. The first-order valence-electron chi connectivity index (χ1n) is 7.69. The van der Waals surface area contributed by atoms with Crippen LogP contribution in [0, 0.1) is 17.5 Å². The Bertz CT molecular complexity index is 799. The maximum Gasteiger partial charge on any atom is 0.411 e. The third-order valence-electron chi connectivity index (χ3n) is 3.66. The van der Waals surface area contributed by atoms with Gasteiger partial charge < -0.3 is 9.84 Å². The molecule has 1 unspecified atom stereocenters. The Morgan fingerprint density at radius 2 is 1.69 bits per heavy atom. The highest BCUT2D eigenvalue weighted by atomic mass is 19.2. The maximum absolute atomic E-state index is 14.0. The minimum atomic E-state index is -1.86. The number of hydrogen-bond acceptors (Lipinski definition) is 3. The summed E-state index contributed by atoms with van der Waals surface area (Å²) in [5, 5.41) is 9.41. The molecule has 1 amide bonds. The number of carboxylic acids is 1. The molecule has 0 saturated heterocycles. The number of rotatable bonds is 6. The predicted molar refractivity (Wildman–Crippen MR) is 85.7 cm³/mol. The van der Waals surface area contributed by atoms with Crippen LogP contribution < -0.4 is 0 Å². The van der Waals surface area contributed by atoms with E-state index in [1.165, 1.54) is 6.92 Å². The second kappa shape index (κ2) is 8.37. The quantitative estimate of drug-likeness (QED) is 0.787. The van der Waals surface area contributed by atoms with E-state index >= 15 is 0 Å². The van der Waals surface area contributed by atoms with Gasteiger partial charge in [-0.2, -0.15) is 0 Å². The molecule has 0 fully saturated rings. The number of carbonyl (C=O) groups excluding carboxylic acids is 1. The fourth-order valence-electron chi connectivity index (χ4n) is 2.40. The molecule has 0 radical (unpaired) electrons. The number of carbonyl (C=O) groups is 2. The van der Waals surface area contributed by atoms with E-state index in [0.717, 1.165) is 4.90 Å². The summed E-state index contributed by atoms with van der Waals surface area (Å²) in [5.41, 5.74) is -0.00213. The maximum atomic E-state index is 14.0. The molecule has 0 spiro atoms. The SMILES string of the molecule is CCN(C(=O)OCc1ccccc1)C(C(=O)O)c1cc(F)c(F)cc1F. The van der Waals surface area contributed by atoms with Crippen LogP contribution in [-0.4, -0.2) is 28.6 Å². The van der Waals surface area contributed by atoms with Crippen molar-refractivity contribution < 1.29 is 32.6 Å². The highest BCUT2D eigenvalue weighted by Crippen LogP contribution is 2.27. The molecule has 0 aliphatic heterocycles. The van der Waals surface area contributed by atoms with E-state index in [1.807, 2.05) is 0 Å². The number of nitrogens with zero attached hydrogens (tertiary/aromatic N) is 1. The van der Waals surface area contributed by atoms with Gasteiger partial charge in [-0.05, 0) is 18.6 Å². The van der Waals surface area contributed by atoms with Crippen molar-refractivity contribution in [3.8, 4) is 0 Å². The average molecular weight is 367 g/mol. The molecular formula is C18H16F3NO4. The van der Waals surface area contributed by atoms with Crippen molar-refractivity contribution in [2.24, 2.45) is 0 Å². The molecule has 0 saturated carbocycles. The van der Waals surface area contributed by atoms with Gasteiger partial charge in [0.2, 0.25) is 0 Å². The fraction of sp³-hybridized carbons (Fsp3) is 0.222. The van der Waals surface area contributed by atoms with Crippen LogP contribution in [0.25, 0.3) is 0 Å². The van der Waals surface area contributed by atoms with Crippen molar-refractivity contribution in [2.75, 3.05) is 6.54 Å². The third-order valence-corrected chi connectivity index (χ3v) is 3.66. The van der Waals surface area contributed by atoms with E-state index in [-0.39, 0.29) is 19.2 Å². The van der Waals surface area contributed by atoms with Gasteiger partial charge in [0.15, 0.2) is 17.7 Å². The van der Waals surface area contributed by atoms with Crippen molar-refractivity contribution in [3.63, 3.8) is 0 Å². The van der Waals surface area contributed by atoms with E-state index in [1.54, 1.807) is 30.3 Å². The molecule has 0 aliphatic carbocycles. The predicted octanol–water partition coefficient (Wildman–Crippen LogP) is 3.89. The number of halogens is 3. The number of hydrogen-bond donors (Lipinski definition) is 1. The molecule has 2 aromatic rings. The lowest BCUT2D eigenvalue weighted by Crippen LogP contribution is -2.39. The highest BCUT2D eigenvalue weighted by molar-refractivity contribution is 5.81. The summed E-state index contributed by atoms with van der Waals surface area (Å²) < 4.78 is 45.6. The Morgan fingerprint density at radius 3 is 2.27 bits per heavy atom. The summed E-state index contributed by atoms with van der Waals surface area (Å²) in [4.78, 5) is 24.6. The molecular weight excluding hydrogens is 351 g/mol. The molecule has 1 atom stereocenters. The lowest BCUT2D eigenvalue weighted by Gasteiger charge is -2.27. The number of benzene rings is 2. The van der Waals surface area contributed by atoms with Crippen LogP contribution in [0.15, 0.2) is 42.5 Å². The van der Waals surface area contributed by atoms with Crippen molar-refractivity contribution in [1.82, 2.24) is 4.90 Å². The Balaban J connectivity index is 2.27. The molecule has 138 valence electrons. The summed E-state index contributed by atoms with van der Waals surface area (Å²) in [6.07, 6.45) is -1.02. The minimum Gasteiger partial charge on any atom is -0.479 e. The van der Waals surface area contributed by atoms with E-state index in [4.69, 9.17) is 4.74 Å². The van der Waals surface area contributed by atoms with E-state index < -0.39 is 41.1 Å². The molecule has 5 nitrogen and oxygen atoms in total. The summed E-state index contributed by atoms with van der Waals surface area (Å²) in [6.45, 7) is 1.18. The summed E-state index contributed by atoms with van der Waals surface area (Å²) >= 11 is 0. The summed E-state index contributed by atoms with van der Waals surface area (Å²) in [7, 11) is 0. The largest absolute Gasteiger partial charge is 0.479 e. The van der Waals surface area contributed by atoms with Gasteiger partial charge >= 0.3 is 12.1 Å². The number of likely N-dealkylation sites (N-methyl/N-ethyl adjacent to an activating group) is 1. The number of aliphatic carboxylic acids is 1. The van der Waals surface area contributed by atoms with Crippen molar-refractivity contribution >= 4 is 12.1 Å². The van der Waals surface area contributed by atoms with Gasteiger partial charge in [0.25, 0.3) is 0 Å². The van der Waals surface area contributed by atoms with Crippen LogP contribution in [0.2, 0.25) is 0 Å². The topological polar surface area (TPSA) is 66.8 Å². The average Bonchev–Trinajstić information content (AvgIpc) is 2.61. The monoisotopic (exact) mass is 367 g/mol. The van der Waals surface area contributed by atoms with Gasteiger partial charge in [0.1, 0.15) is 12.4 Å². The first-order chi connectivity index (χ1) is 12.3. The standard InChI is InChI=1S/C18H16F3NO4/c1-2-22(18(25)26-10-11-6-4-3-5-7-11)16(17(23)24)12-8-14(20)15(21)9-13(12)19/h3-9,16H,2,10H2,1H3,(H,23,24). The molecule has 8 heteroatoms. The Kier molecular flexibility index (Phi) is 6.21. The molecule has 0 heterocycles. The summed E-state index contributed by atoms with van der Waals surface area (Å²) in [6, 6.07) is 7.45. The van der Waals surface area contributed by atoms with E-state index in [0.29, 0.717) is 11.6 Å². The van der Waals surface area contributed by atoms with Crippen LogP contribution >= 0.6 is 0 Å². The van der Waals surface area contributed by atoms with Crippen LogP contribution in [0.4, 0.5) is 18.0 Å². The zero-order valence-corrected chi connectivity index (χ0v) is 13.8. The van der Waals surface area contributed by atoms with Crippen molar-refractivity contribution in [2.45, 2.75) is 19.6 Å². The zero-order valence-electron chi connectivity index (χ0n) is 13.8. The van der Waals surface area contributed by atoms with Gasteiger partial charge in [-0.3, -0.25) is 4.90 Å². The molecule has 0 aromatic heterocycles. The second-order valence-electron chi connectivity index (χ2n) is 5.35.